The zero-order valence-electron chi connectivity index (χ0n) is 11.5. The molecule has 0 saturated heterocycles. The minimum Gasteiger partial charge on any atom is -0.385 e. The lowest BCUT2D eigenvalue weighted by Gasteiger charge is -2.12. The van der Waals surface area contributed by atoms with Gasteiger partial charge in [-0.05, 0) is 47.0 Å². The molecule has 1 aromatic carbocycles. The van der Waals surface area contributed by atoms with Crippen LogP contribution in [-0.2, 0) is 4.74 Å². The Morgan fingerprint density at radius 3 is 3.00 bits per heavy atom. The first-order chi connectivity index (χ1) is 9.63. The number of aromatic nitrogens is 2. The summed E-state index contributed by atoms with van der Waals surface area (Å²) in [7, 11) is 1.70. The van der Waals surface area contributed by atoms with Crippen molar-refractivity contribution in [3.05, 3.63) is 39.6 Å². The highest BCUT2D eigenvalue weighted by atomic mass is 79.9. The van der Waals surface area contributed by atoms with Crippen LogP contribution in [0.3, 0.4) is 0 Å². The van der Waals surface area contributed by atoms with Crippen molar-refractivity contribution in [2.24, 2.45) is 0 Å². The molecule has 2 rings (SSSR count). The Balaban J connectivity index is 2.21. The van der Waals surface area contributed by atoms with Crippen molar-refractivity contribution in [3.63, 3.8) is 0 Å². The van der Waals surface area contributed by atoms with Crippen LogP contribution in [0.25, 0.3) is 5.69 Å². The quantitative estimate of drug-likeness (QED) is 0.792. The van der Waals surface area contributed by atoms with E-state index < -0.39 is 0 Å². The second-order valence-corrected chi connectivity index (χ2v) is 5.71. The van der Waals surface area contributed by atoms with E-state index in [0.29, 0.717) is 0 Å². The normalized spacial score (nSPS) is 10.8. The van der Waals surface area contributed by atoms with Crippen molar-refractivity contribution in [3.8, 4) is 5.69 Å². The van der Waals surface area contributed by atoms with E-state index in [9.17, 15) is 0 Å². The first-order valence-corrected chi connectivity index (χ1v) is 7.52. The Morgan fingerprint density at radius 1 is 1.45 bits per heavy atom. The van der Waals surface area contributed by atoms with E-state index >= 15 is 0 Å². The van der Waals surface area contributed by atoms with E-state index in [-0.39, 0.29) is 0 Å². The van der Waals surface area contributed by atoms with E-state index in [0.717, 1.165) is 46.3 Å². The van der Waals surface area contributed by atoms with Crippen LogP contribution in [0.15, 0.2) is 29.0 Å². The van der Waals surface area contributed by atoms with E-state index in [1.807, 2.05) is 29.8 Å². The summed E-state index contributed by atoms with van der Waals surface area (Å²) in [5, 5.41) is 4.03. The third-order valence-electron chi connectivity index (χ3n) is 2.94. The molecule has 0 aliphatic heterocycles. The summed E-state index contributed by atoms with van der Waals surface area (Å²) in [6, 6.07) is 3.94. The number of anilines is 1. The largest absolute Gasteiger partial charge is 0.385 e. The molecule has 0 aliphatic rings. The molecule has 2 aromatic rings. The van der Waals surface area contributed by atoms with Crippen molar-refractivity contribution < 1.29 is 4.74 Å². The summed E-state index contributed by atoms with van der Waals surface area (Å²) in [4.78, 5) is 4.33. The van der Waals surface area contributed by atoms with Crippen LogP contribution >= 0.6 is 27.5 Å². The van der Waals surface area contributed by atoms with Crippen LogP contribution in [-0.4, -0.2) is 29.8 Å². The molecular formula is C14H17BrClN3O. The van der Waals surface area contributed by atoms with Gasteiger partial charge in [0, 0.05) is 42.2 Å². The van der Waals surface area contributed by atoms with Crippen molar-refractivity contribution in [2.75, 3.05) is 25.6 Å². The zero-order valence-corrected chi connectivity index (χ0v) is 13.8. The molecule has 0 atom stereocenters. The highest BCUT2D eigenvalue weighted by Gasteiger charge is 2.10. The summed E-state index contributed by atoms with van der Waals surface area (Å²) >= 11 is 9.78. The monoisotopic (exact) mass is 357 g/mol. The molecule has 0 aliphatic carbocycles. The molecule has 6 heteroatoms. The number of nitrogens with one attached hydrogen (secondary N) is 1. The predicted molar refractivity (Wildman–Crippen MR) is 86.0 cm³/mol. The van der Waals surface area contributed by atoms with Gasteiger partial charge in [-0.15, -0.1) is 0 Å². The Morgan fingerprint density at radius 2 is 2.25 bits per heavy atom. The van der Waals surface area contributed by atoms with Gasteiger partial charge in [0.25, 0.3) is 0 Å². The fourth-order valence-corrected chi connectivity index (χ4v) is 2.67. The highest BCUT2D eigenvalue weighted by molar-refractivity contribution is 9.10. The lowest BCUT2D eigenvalue weighted by Crippen LogP contribution is -2.09. The first kappa shape index (κ1) is 15.4. The number of methoxy groups -OCH3 is 1. The molecule has 0 spiro atoms. The molecule has 0 radical (unpaired) electrons. The molecule has 0 unspecified atom stereocenters. The molecule has 20 heavy (non-hydrogen) atoms. The minimum absolute atomic E-state index is 0.730. The van der Waals surface area contributed by atoms with Gasteiger partial charge in [-0.25, -0.2) is 4.98 Å². The smallest absolute Gasteiger partial charge is 0.207 e. The van der Waals surface area contributed by atoms with Crippen LogP contribution in [0.1, 0.15) is 12.0 Å². The van der Waals surface area contributed by atoms with Crippen molar-refractivity contribution in [1.82, 2.24) is 9.55 Å². The van der Waals surface area contributed by atoms with Crippen LogP contribution in [0, 0.1) is 6.92 Å². The molecule has 0 amide bonds. The summed E-state index contributed by atoms with van der Waals surface area (Å²) in [6.45, 7) is 3.52. The third-order valence-corrected chi connectivity index (χ3v) is 3.98. The number of ether oxygens (including phenoxy) is 1. The summed E-state index contributed by atoms with van der Waals surface area (Å²) in [5.41, 5.74) is 2.00. The topological polar surface area (TPSA) is 39.1 Å². The zero-order chi connectivity index (χ0) is 14.5. The molecular weight excluding hydrogens is 342 g/mol. The Labute approximate surface area is 132 Å². The highest BCUT2D eigenvalue weighted by Crippen LogP contribution is 2.29. The van der Waals surface area contributed by atoms with Gasteiger partial charge in [-0.3, -0.25) is 4.57 Å². The van der Waals surface area contributed by atoms with E-state index in [1.165, 1.54) is 0 Å². The average Bonchev–Trinajstić information content (AvgIpc) is 2.87. The maximum absolute atomic E-state index is 6.21. The number of halogens is 2. The Bertz CT molecular complexity index is 586. The number of aryl methyl sites for hydroxylation is 1. The number of hydrogen-bond acceptors (Lipinski definition) is 3. The molecule has 0 saturated carbocycles. The second kappa shape index (κ2) is 7.11. The molecule has 1 N–H and O–H groups in total. The Hall–Kier alpha value is -1.04. The standard InChI is InChI=1S/C14H17BrClN3O/c1-10-8-11(15)13(9-12(10)16)19-6-5-18-14(19)17-4-3-7-20-2/h5-6,8-9H,3-4,7H2,1-2H3,(H,17,18). The molecule has 4 nitrogen and oxygen atoms in total. The number of imidazole rings is 1. The maximum Gasteiger partial charge on any atom is 0.207 e. The Kier molecular flexibility index (Phi) is 5.46. The van der Waals surface area contributed by atoms with Crippen LogP contribution in [0.4, 0.5) is 5.95 Å². The maximum atomic E-state index is 6.21. The number of nitrogens with zero attached hydrogens (tertiary/aromatic N) is 2. The van der Waals surface area contributed by atoms with E-state index in [2.05, 4.69) is 26.2 Å². The van der Waals surface area contributed by atoms with E-state index in [1.54, 1.807) is 13.3 Å². The SMILES string of the molecule is COCCCNc1nccn1-c1cc(Cl)c(C)cc1Br. The lowest BCUT2D eigenvalue weighted by molar-refractivity contribution is 0.197. The number of benzene rings is 1. The second-order valence-electron chi connectivity index (χ2n) is 4.45. The van der Waals surface area contributed by atoms with Gasteiger partial charge in [0.05, 0.1) is 5.69 Å². The van der Waals surface area contributed by atoms with Crippen molar-refractivity contribution in [2.45, 2.75) is 13.3 Å². The number of hydrogen-bond donors (Lipinski definition) is 1. The van der Waals surface area contributed by atoms with Gasteiger partial charge in [-0.2, -0.15) is 0 Å². The molecule has 1 heterocycles. The number of rotatable bonds is 6. The van der Waals surface area contributed by atoms with Gasteiger partial charge in [0.1, 0.15) is 0 Å². The summed E-state index contributed by atoms with van der Waals surface area (Å²) in [5.74, 6) is 0.793. The summed E-state index contributed by atoms with van der Waals surface area (Å²) in [6.07, 6.45) is 4.60. The van der Waals surface area contributed by atoms with Crippen LogP contribution < -0.4 is 5.32 Å². The molecule has 0 fully saturated rings. The van der Waals surface area contributed by atoms with Crippen molar-refractivity contribution in [1.29, 1.82) is 0 Å². The van der Waals surface area contributed by atoms with Gasteiger partial charge < -0.3 is 10.1 Å². The van der Waals surface area contributed by atoms with Crippen LogP contribution in [0.5, 0.6) is 0 Å². The van der Waals surface area contributed by atoms with Gasteiger partial charge in [-0.1, -0.05) is 11.6 Å². The third kappa shape index (κ3) is 3.53. The summed E-state index contributed by atoms with van der Waals surface area (Å²) < 4.78 is 7.99. The fourth-order valence-electron chi connectivity index (χ4n) is 1.87. The van der Waals surface area contributed by atoms with Crippen molar-refractivity contribution >= 4 is 33.5 Å². The van der Waals surface area contributed by atoms with Crippen LogP contribution in [0.2, 0.25) is 5.02 Å². The van der Waals surface area contributed by atoms with Gasteiger partial charge in [0.15, 0.2) is 0 Å². The fraction of sp³-hybridized carbons (Fsp3) is 0.357. The molecule has 108 valence electrons. The van der Waals surface area contributed by atoms with Gasteiger partial charge in [0.2, 0.25) is 5.95 Å². The predicted octanol–water partition coefficient (Wildman–Crippen LogP) is 4.05. The molecule has 0 bridgehead atoms. The minimum atomic E-state index is 0.730. The van der Waals surface area contributed by atoms with Gasteiger partial charge >= 0.3 is 0 Å². The average molecular weight is 359 g/mol. The molecule has 1 aromatic heterocycles. The first-order valence-electron chi connectivity index (χ1n) is 6.35. The van der Waals surface area contributed by atoms with E-state index in [4.69, 9.17) is 16.3 Å². The lowest BCUT2D eigenvalue weighted by atomic mass is 10.2.